The van der Waals surface area contributed by atoms with Crippen molar-refractivity contribution in [1.82, 2.24) is 5.43 Å². The van der Waals surface area contributed by atoms with Gasteiger partial charge in [0.05, 0.1) is 25.6 Å². The summed E-state index contributed by atoms with van der Waals surface area (Å²) in [6.07, 6.45) is 2.18. The molecule has 0 bridgehead atoms. The van der Waals surface area contributed by atoms with Crippen LogP contribution in [0.5, 0.6) is 11.5 Å². The van der Waals surface area contributed by atoms with Crippen LogP contribution in [0.25, 0.3) is 0 Å². The number of ether oxygens (including phenoxy) is 2. The first-order chi connectivity index (χ1) is 16.4. The Morgan fingerprint density at radius 3 is 2.53 bits per heavy atom. The summed E-state index contributed by atoms with van der Waals surface area (Å²) in [5.74, 6) is 1.33. The number of amides is 2. The Balaban J connectivity index is 1.58. The minimum atomic E-state index is -0.390. The van der Waals surface area contributed by atoms with Gasteiger partial charge >= 0.3 is 0 Å². The number of benzene rings is 2. The lowest BCUT2D eigenvalue weighted by molar-refractivity contribution is 0.0953. The third kappa shape index (κ3) is 4.52. The van der Waals surface area contributed by atoms with Crippen LogP contribution >= 0.6 is 0 Å². The van der Waals surface area contributed by atoms with Crippen LogP contribution < -0.4 is 20.2 Å². The molecule has 0 unspecified atom stereocenters. The molecule has 1 aliphatic carbocycles. The van der Waals surface area contributed by atoms with Crippen LogP contribution in [0.1, 0.15) is 56.2 Å². The van der Waals surface area contributed by atoms with Crippen molar-refractivity contribution >= 4 is 23.2 Å². The second kappa shape index (κ2) is 9.82. The Morgan fingerprint density at radius 1 is 1.00 bits per heavy atom. The minimum absolute atomic E-state index is 0.211. The van der Waals surface area contributed by atoms with Gasteiger partial charge in [-0.1, -0.05) is 18.2 Å². The van der Waals surface area contributed by atoms with Gasteiger partial charge in [0.2, 0.25) is 0 Å². The van der Waals surface area contributed by atoms with E-state index >= 15 is 0 Å². The lowest BCUT2D eigenvalue weighted by atomic mass is 9.93. The predicted octanol–water partition coefficient (Wildman–Crippen LogP) is 4.64. The number of methoxy groups -OCH3 is 2. The lowest BCUT2D eigenvalue weighted by Crippen LogP contribution is -2.22. The fourth-order valence-electron chi connectivity index (χ4n) is 4.08. The molecule has 176 valence electrons. The monoisotopic (exact) mass is 461 g/mol. The number of hydrogen-bond donors (Lipinski definition) is 2. The van der Waals surface area contributed by atoms with Gasteiger partial charge in [-0.05, 0) is 50.5 Å². The Hall–Kier alpha value is -4.07. The number of rotatable bonds is 6. The van der Waals surface area contributed by atoms with Gasteiger partial charge in [-0.3, -0.25) is 9.59 Å². The second-order valence-electron chi connectivity index (χ2n) is 8.04. The van der Waals surface area contributed by atoms with Gasteiger partial charge in [0.15, 0.2) is 5.76 Å². The summed E-state index contributed by atoms with van der Waals surface area (Å²) < 4.78 is 16.5. The van der Waals surface area contributed by atoms with E-state index < -0.39 is 5.91 Å². The highest BCUT2D eigenvalue weighted by atomic mass is 16.5. The molecule has 1 aliphatic rings. The molecule has 3 aromatic rings. The molecule has 0 saturated heterocycles. The standard InChI is InChI=1S/C26H27N3O5/c1-15-8-5-6-9-18(15)25(30)29-28-20-10-7-11-21-23(20)16(2)24(34-21)26(31)27-19-13-12-17(32-3)14-22(19)33-4/h5-6,8-9,12-14H,7,10-11H2,1-4H3,(H,27,31)(H,29,30)/b28-20+. The van der Waals surface area contributed by atoms with E-state index in [4.69, 9.17) is 13.9 Å². The van der Waals surface area contributed by atoms with Crippen molar-refractivity contribution in [3.05, 3.63) is 76.2 Å². The molecule has 4 rings (SSSR count). The van der Waals surface area contributed by atoms with Crippen LogP contribution in [-0.4, -0.2) is 31.7 Å². The summed E-state index contributed by atoms with van der Waals surface area (Å²) in [4.78, 5) is 25.7. The van der Waals surface area contributed by atoms with Crippen LogP contribution in [-0.2, 0) is 6.42 Å². The topological polar surface area (TPSA) is 102 Å². The molecule has 34 heavy (non-hydrogen) atoms. The first-order valence-electron chi connectivity index (χ1n) is 11.0. The fraction of sp³-hybridized carbons (Fsp3) is 0.269. The van der Waals surface area contributed by atoms with Gasteiger partial charge < -0.3 is 19.2 Å². The summed E-state index contributed by atoms with van der Waals surface area (Å²) in [7, 11) is 3.08. The average molecular weight is 462 g/mol. The molecule has 8 nitrogen and oxygen atoms in total. The van der Waals surface area contributed by atoms with Gasteiger partial charge in [0.25, 0.3) is 11.8 Å². The van der Waals surface area contributed by atoms with Crippen molar-refractivity contribution in [3.63, 3.8) is 0 Å². The predicted molar refractivity (Wildman–Crippen MR) is 129 cm³/mol. The van der Waals surface area contributed by atoms with Crippen molar-refractivity contribution in [2.24, 2.45) is 5.10 Å². The number of carbonyl (C=O) groups excluding carboxylic acids is 2. The largest absolute Gasteiger partial charge is 0.497 e. The molecule has 2 amide bonds. The SMILES string of the molecule is COc1ccc(NC(=O)c2oc3c(c2C)/C(=N/NC(=O)c2ccccc2C)CCC3)c(OC)c1. The number of aryl methyl sites for hydroxylation is 2. The van der Waals surface area contributed by atoms with E-state index in [1.807, 2.05) is 32.0 Å². The van der Waals surface area contributed by atoms with Gasteiger partial charge in [-0.15, -0.1) is 0 Å². The van der Waals surface area contributed by atoms with E-state index in [2.05, 4.69) is 15.8 Å². The Labute approximate surface area is 197 Å². The number of hydrogen-bond acceptors (Lipinski definition) is 6. The van der Waals surface area contributed by atoms with E-state index in [0.29, 0.717) is 52.6 Å². The maximum absolute atomic E-state index is 13.1. The molecule has 1 aromatic heterocycles. The first-order valence-corrected chi connectivity index (χ1v) is 11.0. The maximum Gasteiger partial charge on any atom is 0.291 e. The zero-order chi connectivity index (χ0) is 24.2. The van der Waals surface area contributed by atoms with E-state index in [-0.39, 0.29) is 11.7 Å². The van der Waals surface area contributed by atoms with Crippen LogP contribution in [0.2, 0.25) is 0 Å². The van der Waals surface area contributed by atoms with Gasteiger partial charge in [-0.2, -0.15) is 5.10 Å². The van der Waals surface area contributed by atoms with Gasteiger partial charge in [-0.25, -0.2) is 5.43 Å². The second-order valence-corrected chi connectivity index (χ2v) is 8.04. The number of furan rings is 1. The Morgan fingerprint density at radius 2 is 1.79 bits per heavy atom. The maximum atomic E-state index is 13.1. The van der Waals surface area contributed by atoms with Crippen molar-refractivity contribution in [2.45, 2.75) is 33.1 Å². The van der Waals surface area contributed by atoms with Crippen molar-refractivity contribution in [1.29, 1.82) is 0 Å². The van der Waals surface area contributed by atoms with Crippen LogP contribution in [0, 0.1) is 13.8 Å². The zero-order valence-corrected chi connectivity index (χ0v) is 19.7. The highest BCUT2D eigenvalue weighted by molar-refractivity contribution is 6.10. The summed E-state index contributed by atoms with van der Waals surface area (Å²) in [6.45, 7) is 3.70. The first kappa shape index (κ1) is 23.1. The third-order valence-corrected chi connectivity index (χ3v) is 5.87. The van der Waals surface area contributed by atoms with E-state index in [0.717, 1.165) is 17.5 Å². The number of anilines is 1. The molecule has 0 fully saturated rings. The average Bonchev–Trinajstić information content (AvgIpc) is 3.20. The molecule has 0 radical (unpaired) electrons. The van der Waals surface area contributed by atoms with Crippen molar-refractivity contribution in [3.8, 4) is 11.5 Å². The van der Waals surface area contributed by atoms with E-state index in [1.165, 1.54) is 7.11 Å². The quantitative estimate of drug-likeness (QED) is 0.521. The fourth-order valence-corrected chi connectivity index (χ4v) is 4.08. The minimum Gasteiger partial charge on any atom is -0.497 e. The number of hydrazone groups is 1. The highest BCUT2D eigenvalue weighted by Crippen LogP contribution is 2.32. The zero-order valence-electron chi connectivity index (χ0n) is 19.7. The normalized spacial score (nSPS) is 13.8. The molecule has 2 N–H and O–H groups in total. The Kier molecular flexibility index (Phi) is 6.67. The third-order valence-electron chi connectivity index (χ3n) is 5.87. The number of nitrogens with one attached hydrogen (secondary N) is 2. The molecule has 0 saturated carbocycles. The molecular formula is C26H27N3O5. The molecule has 0 spiro atoms. The van der Waals surface area contributed by atoms with E-state index in [1.54, 1.807) is 31.4 Å². The summed E-state index contributed by atoms with van der Waals surface area (Å²) in [6, 6.07) is 12.5. The summed E-state index contributed by atoms with van der Waals surface area (Å²) in [5.41, 5.74) is 6.77. The smallest absolute Gasteiger partial charge is 0.291 e. The van der Waals surface area contributed by atoms with Crippen molar-refractivity contribution in [2.75, 3.05) is 19.5 Å². The van der Waals surface area contributed by atoms with Gasteiger partial charge in [0, 0.05) is 29.2 Å². The summed E-state index contributed by atoms with van der Waals surface area (Å²) in [5, 5.41) is 7.25. The number of carbonyl (C=O) groups is 2. The highest BCUT2D eigenvalue weighted by Gasteiger charge is 2.28. The number of nitrogens with zero attached hydrogens (tertiary/aromatic N) is 1. The molecule has 8 heteroatoms. The molecule has 2 aromatic carbocycles. The molecule has 1 heterocycles. The summed E-state index contributed by atoms with van der Waals surface area (Å²) >= 11 is 0. The van der Waals surface area contributed by atoms with Crippen molar-refractivity contribution < 1.29 is 23.5 Å². The molecular weight excluding hydrogens is 434 g/mol. The molecule has 0 atom stereocenters. The Bertz CT molecular complexity index is 1280. The van der Waals surface area contributed by atoms with Crippen LogP contribution in [0.4, 0.5) is 5.69 Å². The molecule has 0 aliphatic heterocycles. The van der Waals surface area contributed by atoms with Gasteiger partial charge in [0.1, 0.15) is 17.3 Å². The van der Waals surface area contributed by atoms with E-state index in [9.17, 15) is 9.59 Å². The van der Waals surface area contributed by atoms with Crippen LogP contribution in [0.15, 0.2) is 52.0 Å². The number of fused-ring (bicyclic) bond motifs is 1. The van der Waals surface area contributed by atoms with Crippen LogP contribution in [0.3, 0.4) is 0 Å². The lowest BCUT2D eigenvalue weighted by Gasteiger charge is -2.13.